The van der Waals surface area contributed by atoms with Crippen molar-refractivity contribution in [3.05, 3.63) is 23.2 Å². The van der Waals surface area contributed by atoms with E-state index in [1.807, 2.05) is 18.2 Å². The van der Waals surface area contributed by atoms with E-state index in [-0.39, 0.29) is 0 Å². The topological polar surface area (TPSA) is 21.3 Å². The highest BCUT2D eigenvalue weighted by molar-refractivity contribution is 6.30. The number of rotatable bonds is 6. The Morgan fingerprint density at radius 2 is 2.24 bits per heavy atom. The smallest absolute Gasteiger partial charge is 0.142 e. The number of ether oxygens (including phenoxy) is 1. The molecule has 0 amide bonds. The van der Waals surface area contributed by atoms with Gasteiger partial charge in [-0.15, -0.1) is 0 Å². The number of hydrogen-bond donors (Lipinski definition) is 1. The van der Waals surface area contributed by atoms with Crippen molar-refractivity contribution >= 4 is 17.3 Å². The Balaban J connectivity index is 2.07. The van der Waals surface area contributed by atoms with Crippen LogP contribution in [0.3, 0.4) is 0 Å². The molecule has 1 N–H and O–H groups in total. The molecule has 1 aromatic carbocycles. The average molecular weight is 254 g/mol. The second kappa shape index (κ2) is 5.63. The summed E-state index contributed by atoms with van der Waals surface area (Å²) >= 11 is 6.03. The van der Waals surface area contributed by atoms with E-state index in [2.05, 4.69) is 19.2 Å². The summed E-state index contributed by atoms with van der Waals surface area (Å²) in [6.07, 6.45) is 3.68. The van der Waals surface area contributed by atoms with E-state index in [1.165, 1.54) is 12.8 Å². The van der Waals surface area contributed by atoms with Crippen molar-refractivity contribution in [2.75, 3.05) is 11.9 Å². The van der Waals surface area contributed by atoms with Gasteiger partial charge in [0, 0.05) is 11.1 Å². The molecular weight excluding hydrogens is 234 g/mol. The normalized spacial score (nSPS) is 16.6. The SMILES string of the molecule is CCCOc1ccc(Cl)cc1NC(C)C1CC1. The van der Waals surface area contributed by atoms with Gasteiger partial charge in [-0.2, -0.15) is 0 Å². The molecule has 94 valence electrons. The second-order valence-corrected chi connectivity index (χ2v) is 5.20. The average Bonchev–Trinajstić information content (AvgIpc) is 3.12. The van der Waals surface area contributed by atoms with Crippen LogP contribution < -0.4 is 10.1 Å². The quantitative estimate of drug-likeness (QED) is 0.814. The third-order valence-corrected chi connectivity index (χ3v) is 3.35. The maximum Gasteiger partial charge on any atom is 0.142 e. The Kier molecular flexibility index (Phi) is 4.16. The molecule has 0 aromatic heterocycles. The summed E-state index contributed by atoms with van der Waals surface area (Å²) in [6.45, 7) is 5.08. The fourth-order valence-electron chi connectivity index (χ4n) is 1.91. The lowest BCUT2D eigenvalue weighted by Gasteiger charge is -2.18. The highest BCUT2D eigenvalue weighted by atomic mass is 35.5. The zero-order chi connectivity index (χ0) is 12.3. The fourth-order valence-corrected chi connectivity index (χ4v) is 2.08. The molecule has 1 saturated carbocycles. The zero-order valence-corrected chi connectivity index (χ0v) is 11.3. The minimum absolute atomic E-state index is 0.498. The summed E-state index contributed by atoms with van der Waals surface area (Å²) in [5.74, 6) is 1.72. The standard InChI is InChI=1S/C14H20ClNO/c1-3-8-17-14-7-6-12(15)9-13(14)16-10(2)11-4-5-11/h6-7,9-11,16H,3-5,8H2,1-2H3. The molecule has 0 saturated heterocycles. The monoisotopic (exact) mass is 253 g/mol. The Morgan fingerprint density at radius 1 is 1.47 bits per heavy atom. The van der Waals surface area contributed by atoms with Crippen LogP contribution in [-0.4, -0.2) is 12.6 Å². The Labute approximate surface area is 108 Å². The van der Waals surface area contributed by atoms with Crippen LogP contribution in [0.2, 0.25) is 5.02 Å². The van der Waals surface area contributed by atoms with Gasteiger partial charge >= 0.3 is 0 Å². The summed E-state index contributed by atoms with van der Waals surface area (Å²) in [4.78, 5) is 0. The fraction of sp³-hybridized carbons (Fsp3) is 0.571. The van der Waals surface area contributed by atoms with Crippen LogP contribution in [0.1, 0.15) is 33.1 Å². The van der Waals surface area contributed by atoms with Gasteiger partial charge in [-0.05, 0) is 50.3 Å². The first-order chi connectivity index (χ1) is 8.20. The van der Waals surface area contributed by atoms with Crippen LogP contribution >= 0.6 is 11.6 Å². The molecule has 1 aliphatic rings. The van der Waals surface area contributed by atoms with Gasteiger partial charge in [0.1, 0.15) is 5.75 Å². The van der Waals surface area contributed by atoms with Crippen LogP contribution in [0, 0.1) is 5.92 Å². The predicted octanol–water partition coefficient (Wildman–Crippen LogP) is 4.34. The van der Waals surface area contributed by atoms with Crippen LogP contribution in [0.25, 0.3) is 0 Å². The minimum Gasteiger partial charge on any atom is -0.491 e. The van der Waals surface area contributed by atoms with Gasteiger partial charge in [-0.3, -0.25) is 0 Å². The molecule has 1 atom stereocenters. The number of nitrogens with one attached hydrogen (secondary N) is 1. The van der Waals surface area contributed by atoms with Gasteiger partial charge in [0.15, 0.2) is 0 Å². The van der Waals surface area contributed by atoms with E-state index in [4.69, 9.17) is 16.3 Å². The molecule has 0 bridgehead atoms. The molecule has 0 spiro atoms. The first-order valence-electron chi connectivity index (χ1n) is 6.39. The van der Waals surface area contributed by atoms with Gasteiger partial charge in [0.2, 0.25) is 0 Å². The molecule has 1 fully saturated rings. The molecule has 1 unspecified atom stereocenters. The van der Waals surface area contributed by atoms with E-state index >= 15 is 0 Å². The zero-order valence-electron chi connectivity index (χ0n) is 10.5. The molecule has 0 radical (unpaired) electrons. The molecule has 1 aromatic rings. The third kappa shape index (κ3) is 3.53. The Hall–Kier alpha value is -0.890. The second-order valence-electron chi connectivity index (χ2n) is 4.76. The van der Waals surface area contributed by atoms with Crippen LogP contribution in [0.5, 0.6) is 5.75 Å². The highest BCUT2D eigenvalue weighted by Gasteiger charge is 2.28. The molecule has 1 aliphatic carbocycles. The third-order valence-electron chi connectivity index (χ3n) is 3.12. The van der Waals surface area contributed by atoms with Crippen LogP contribution in [0.4, 0.5) is 5.69 Å². The molecular formula is C14H20ClNO. The summed E-state index contributed by atoms with van der Waals surface area (Å²) in [5, 5.41) is 4.26. The van der Waals surface area contributed by atoms with E-state index in [0.717, 1.165) is 35.4 Å². The Bertz CT molecular complexity index is 376. The number of anilines is 1. The van der Waals surface area contributed by atoms with E-state index in [9.17, 15) is 0 Å². The largest absolute Gasteiger partial charge is 0.491 e. The highest BCUT2D eigenvalue weighted by Crippen LogP contribution is 2.36. The van der Waals surface area contributed by atoms with Crippen LogP contribution in [-0.2, 0) is 0 Å². The van der Waals surface area contributed by atoms with Gasteiger partial charge in [-0.25, -0.2) is 0 Å². The van der Waals surface area contributed by atoms with E-state index in [1.54, 1.807) is 0 Å². The first-order valence-corrected chi connectivity index (χ1v) is 6.77. The number of benzene rings is 1. The van der Waals surface area contributed by atoms with Crippen molar-refractivity contribution < 1.29 is 4.74 Å². The lowest BCUT2D eigenvalue weighted by atomic mass is 10.2. The van der Waals surface area contributed by atoms with E-state index < -0.39 is 0 Å². The van der Waals surface area contributed by atoms with Crippen LogP contribution in [0.15, 0.2) is 18.2 Å². The van der Waals surface area contributed by atoms with Gasteiger partial charge in [0.25, 0.3) is 0 Å². The van der Waals surface area contributed by atoms with Crippen molar-refractivity contribution in [3.63, 3.8) is 0 Å². The maximum absolute atomic E-state index is 6.03. The van der Waals surface area contributed by atoms with Gasteiger partial charge < -0.3 is 10.1 Å². The molecule has 2 nitrogen and oxygen atoms in total. The van der Waals surface area contributed by atoms with Crippen molar-refractivity contribution in [1.29, 1.82) is 0 Å². The molecule has 2 rings (SSSR count). The number of hydrogen-bond acceptors (Lipinski definition) is 2. The first kappa shape index (κ1) is 12.6. The molecule has 17 heavy (non-hydrogen) atoms. The lowest BCUT2D eigenvalue weighted by Crippen LogP contribution is -2.18. The predicted molar refractivity (Wildman–Crippen MR) is 73.0 cm³/mol. The van der Waals surface area contributed by atoms with E-state index in [0.29, 0.717) is 6.04 Å². The molecule has 0 heterocycles. The van der Waals surface area contributed by atoms with Gasteiger partial charge in [-0.1, -0.05) is 18.5 Å². The molecule has 3 heteroatoms. The summed E-state index contributed by atoms with van der Waals surface area (Å²) < 4.78 is 5.72. The Morgan fingerprint density at radius 3 is 2.88 bits per heavy atom. The minimum atomic E-state index is 0.498. The van der Waals surface area contributed by atoms with Gasteiger partial charge in [0.05, 0.1) is 12.3 Å². The van der Waals surface area contributed by atoms with Crippen molar-refractivity contribution in [1.82, 2.24) is 0 Å². The molecule has 0 aliphatic heterocycles. The maximum atomic E-state index is 6.03. The summed E-state index contributed by atoms with van der Waals surface area (Å²) in [5.41, 5.74) is 1.02. The number of halogens is 1. The summed E-state index contributed by atoms with van der Waals surface area (Å²) in [7, 11) is 0. The van der Waals surface area contributed by atoms with Crippen molar-refractivity contribution in [2.45, 2.75) is 39.2 Å². The summed E-state index contributed by atoms with van der Waals surface area (Å²) in [6, 6.07) is 6.27. The van der Waals surface area contributed by atoms with Crippen molar-refractivity contribution in [3.8, 4) is 5.75 Å². The lowest BCUT2D eigenvalue weighted by molar-refractivity contribution is 0.318. The van der Waals surface area contributed by atoms with Crippen molar-refractivity contribution in [2.24, 2.45) is 5.92 Å².